The molecule has 0 N–H and O–H groups in total. The van der Waals surface area contributed by atoms with E-state index in [0.29, 0.717) is 0 Å². The average molecular weight is 335 g/mol. The van der Waals surface area contributed by atoms with Gasteiger partial charge in [-0.05, 0) is 26.8 Å². The molecule has 0 radical (unpaired) electrons. The molecule has 0 saturated heterocycles. The van der Waals surface area contributed by atoms with Gasteiger partial charge in [0, 0.05) is 12.0 Å². The van der Waals surface area contributed by atoms with Crippen LogP contribution in [0, 0.1) is 0 Å². The van der Waals surface area contributed by atoms with Crippen LogP contribution in [0.3, 0.4) is 0 Å². The zero-order chi connectivity index (χ0) is 16.6. The van der Waals surface area contributed by atoms with Gasteiger partial charge >= 0.3 is 33.0 Å². The summed E-state index contributed by atoms with van der Waals surface area (Å²) in [6, 6.07) is 9.69. The molecule has 0 fully saturated rings. The number of likely N-dealkylation sites (N-methyl/N-ethyl adjacent to an activating group) is 1. The molecule has 1 atom stereocenters. The van der Waals surface area contributed by atoms with Crippen LogP contribution in [0.1, 0.15) is 26.3 Å². The molecule has 2 rings (SSSR count). The van der Waals surface area contributed by atoms with Crippen LogP contribution < -0.4 is 4.48 Å². The van der Waals surface area contributed by atoms with Gasteiger partial charge in [-0.2, -0.15) is 0 Å². The molecular weight excluding hydrogens is 315 g/mol. The Bertz CT molecular complexity index is 495. The van der Waals surface area contributed by atoms with Crippen molar-refractivity contribution in [2.75, 3.05) is 13.1 Å². The summed E-state index contributed by atoms with van der Waals surface area (Å²) in [5.74, 6) is 0. The first-order valence-electron chi connectivity index (χ1n) is 6.71. The molecule has 8 heteroatoms. The fourth-order valence-corrected chi connectivity index (χ4v) is 3.04. The number of nitrogens with zero attached hydrogens (tertiary/aromatic N) is 1. The number of hydrogen-bond donors (Lipinski definition) is 0. The van der Waals surface area contributed by atoms with E-state index in [0.717, 1.165) is 6.04 Å². The monoisotopic (exact) mass is 335 g/mol. The number of benzene rings is 1. The summed E-state index contributed by atoms with van der Waals surface area (Å²) in [5.41, 5.74) is 3.12. The van der Waals surface area contributed by atoms with Gasteiger partial charge in [-0.25, -0.2) is 0 Å². The number of rotatable bonds is 2. The molecule has 0 amide bonds. The Balaban J connectivity index is 0.000000270. The minimum atomic E-state index is -10.7. The van der Waals surface area contributed by atoms with E-state index in [1.165, 1.54) is 24.0 Å². The summed E-state index contributed by atoms with van der Waals surface area (Å²) in [6.07, 6.45) is 1.25. The van der Waals surface area contributed by atoms with Crippen molar-refractivity contribution in [2.45, 2.75) is 33.2 Å². The molecule has 0 aromatic heterocycles. The molecular formula is C13H20F6NP. The standard InChI is InChI=1S/C13H20N.F6P/c1-4-14(5-2)11(3)10-12-8-6-7-9-13(12)14;1-7(2,3,4,5)6/h6-9,11H,4-5,10H2,1-3H3;/q+1;-1. The summed E-state index contributed by atoms with van der Waals surface area (Å²) in [7, 11) is -10.7. The fourth-order valence-electron chi connectivity index (χ4n) is 3.04. The Morgan fingerprint density at radius 1 is 1.00 bits per heavy atom. The molecule has 0 spiro atoms. The summed E-state index contributed by atoms with van der Waals surface area (Å²) in [5, 5.41) is 0. The van der Waals surface area contributed by atoms with E-state index in [4.69, 9.17) is 0 Å². The van der Waals surface area contributed by atoms with Crippen molar-refractivity contribution >= 4 is 13.5 Å². The van der Waals surface area contributed by atoms with Gasteiger partial charge in [0.2, 0.25) is 0 Å². The second-order valence-electron chi connectivity index (χ2n) is 5.31. The zero-order valence-electron chi connectivity index (χ0n) is 12.2. The predicted octanol–water partition coefficient (Wildman–Crippen LogP) is 6.36. The van der Waals surface area contributed by atoms with E-state index in [1.54, 1.807) is 11.3 Å². The van der Waals surface area contributed by atoms with E-state index in [9.17, 15) is 25.2 Å². The minimum absolute atomic E-state index is 0.752. The van der Waals surface area contributed by atoms with Crippen molar-refractivity contribution in [3.63, 3.8) is 0 Å². The Morgan fingerprint density at radius 3 is 1.86 bits per heavy atom. The summed E-state index contributed by atoms with van der Waals surface area (Å²) in [6.45, 7) is 9.43. The van der Waals surface area contributed by atoms with Crippen molar-refractivity contribution in [1.82, 2.24) is 4.48 Å². The summed E-state index contributed by atoms with van der Waals surface area (Å²) in [4.78, 5) is 0. The molecule has 124 valence electrons. The van der Waals surface area contributed by atoms with Crippen molar-refractivity contribution in [2.24, 2.45) is 0 Å². The van der Waals surface area contributed by atoms with Crippen molar-refractivity contribution < 1.29 is 25.2 Å². The molecule has 0 bridgehead atoms. The molecule has 1 unspecified atom stereocenters. The molecule has 0 aliphatic carbocycles. The second kappa shape index (κ2) is 4.85. The van der Waals surface area contributed by atoms with E-state index in [1.807, 2.05) is 0 Å². The Labute approximate surface area is 120 Å². The van der Waals surface area contributed by atoms with Gasteiger partial charge in [0.25, 0.3) is 0 Å². The third-order valence-electron chi connectivity index (χ3n) is 3.96. The molecule has 0 saturated carbocycles. The average Bonchev–Trinajstić information content (AvgIpc) is 2.57. The van der Waals surface area contributed by atoms with Crippen LogP contribution in [-0.2, 0) is 6.42 Å². The summed E-state index contributed by atoms with van der Waals surface area (Å²) < 4.78 is 60.4. The first-order chi connectivity index (χ1) is 9.19. The topological polar surface area (TPSA) is 0 Å². The van der Waals surface area contributed by atoms with Crippen LogP contribution in [0.25, 0.3) is 0 Å². The first kappa shape index (κ1) is 18.2. The van der Waals surface area contributed by atoms with Crippen molar-refractivity contribution in [1.29, 1.82) is 0 Å². The van der Waals surface area contributed by atoms with E-state index < -0.39 is 7.81 Å². The number of para-hydroxylation sites is 1. The second-order valence-corrected chi connectivity index (χ2v) is 7.22. The van der Waals surface area contributed by atoms with E-state index >= 15 is 0 Å². The van der Waals surface area contributed by atoms with Crippen molar-refractivity contribution in [3.05, 3.63) is 29.8 Å². The quantitative estimate of drug-likeness (QED) is 0.335. The number of fused-ring (bicyclic) bond motifs is 1. The van der Waals surface area contributed by atoms with Crippen molar-refractivity contribution in [3.8, 4) is 0 Å². The van der Waals surface area contributed by atoms with Crippen LogP contribution in [0.4, 0.5) is 30.9 Å². The number of halogens is 6. The van der Waals surface area contributed by atoms with Crippen LogP contribution in [0.2, 0.25) is 0 Å². The number of hydrogen-bond acceptors (Lipinski definition) is 0. The fraction of sp³-hybridized carbons (Fsp3) is 0.538. The molecule has 1 heterocycles. The maximum absolute atomic E-state index is 10.7. The van der Waals surface area contributed by atoms with E-state index in [-0.39, 0.29) is 0 Å². The van der Waals surface area contributed by atoms with Gasteiger partial charge in [-0.1, -0.05) is 18.2 Å². The van der Waals surface area contributed by atoms with Gasteiger partial charge < -0.3 is 0 Å². The molecule has 1 aliphatic heterocycles. The molecule has 21 heavy (non-hydrogen) atoms. The van der Waals surface area contributed by atoms with Gasteiger partial charge in [-0.15, -0.1) is 0 Å². The third-order valence-corrected chi connectivity index (χ3v) is 3.96. The summed E-state index contributed by atoms with van der Waals surface area (Å²) >= 11 is 0. The normalized spacial score (nSPS) is 23.4. The van der Waals surface area contributed by atoms with Crippen LogP contribution >= 0.6 is 7.81 Å². The molecule has 1 aliphatic rings. The van der Waals surface area contributed by atoms with Gasteiger partial charge in [0.05, 0.1) is 19.1 Å². The molecule has 1 aromatic rings. The molecule has 1 nitrogen and oxygen atoms in total. The van der Waals surface area contributed by atoms with E-state index in [2.05, 4.69) is 45.0 Å². The van der Waals surface area contributed by atoms with Crippen LogP contribution in [0.15, 0.2) is 24.3 Å². The Kier molecular flexibility index (Phi) is 4.21. The SMILES string of the molecule is CC[N+]1(CC)c2ccccc2CC1C.F[P-](F)(F)(F)(F)F. The number of quaternary nitrogens is 1. The van der Waals surface area contributed by atoms with Gasteiger partial charge in [0.15, 0.2) is 0 Å². The Hall–Kier alpha value is -0.810. The van der Waals surface area contributed by atoms with Gasteiger partial charge in [-0.3, -0.25) is 4.48 Å². The predicted molar refractivity (Wildman–Crippen MR) is 76.1 cm³/mol. The maximum atomic E-state index is 9.87. The molecule has 1 aromatic carbocycles. The van der Waals surface area contributed by atoms with Gasteiger partial charge in [0.1, 0.15) is 5.69 Å². The third kappa shape index (κ3) is 5.47. The zero-order valence-corrected chi connectivity index (χ0v) is 13.1. The Morgan fingerprint density at radius 2 is 1.43 bits per heavy atom. The van der Waals surface area contributed by atoms with Crippen LogP contribution in [-0.4, -0.2) is 19.1 Å². The van der Waals surface area contributed by atoms with Crippen LogP contribution in [0.5, 0.6) is 0 Å². The first-order valence-corrected chi connectivity index (χ1v) is 8.74.